The van der Waals surface area contributed by atoms with Gasteiger partial charge < -0.3 is 24.4 Å². The van der Waals surface area contributed by atoms with E-state index < -0.39 is 0 Å². The number of nitrogens with zero attached hydrogens (tertiary/aromatic N) is 2. The van der Waals surface area contributed by atoms with Crippen LogP contribution in [0.3, 0.4) is 0 Å². The first-order valence-electron chi connectivity index (χ1n) is 7.59. The molecule has 2 heterocycles. The summed E-state index contributed by atoms with van der Waals surface area (Å²) in [6.45, 7) is 5.27. The molecule has 1 saturated heterocycles. The van der Waals surface area contributed by atoms with E-state index in [2.05, 4.69) is 10.3 Å². The largest absolute Gasteiger partial charge is 0.496 e. The molecule has 0 bridgehead atoms. The van der Waals surface area contributed by atoms with Gasteiger partial charge in [0, 0.05) is 31.5 Å². The van der Waals surface area contributed by atoms with Gasteiger partial charge in [-0.15, -0.1) is 0 Å². The molecule has 128 valence electrons. The zero-order chi connectivity index (χ0) is 17.0. The van der Waals surface area contributed by atoms with E-state index in [1.54, 1.807) is 32.4 Å². The molecule has 0 spiro atoms. The molecule has 0 unspecified atom stereocenters. The first-order valence-corrected chi connectivity index (χ1v) is 7.59. The molecule has 1 aliphatic rings. The lowest BCUT2D eigenvalue weighted by molar-refractivity contribution is 0.0736. The minimum Gasteiger partial charge on any atom is -0.496 e. The van der Waals surface area contributed by atoms with Gasteiger partial charge >= 0.3 is 6.03 Å². The Labute approximate surface area is 136 Å². The third-order valence-corrected chi connectivity index (χ3v) is 4.12. The average molecular weight is 323 g/mol. The van der Waals surface area contributed by atoms with Crippen molar-refractivity contribution in [2.75, 3.05) is 34.5 Å². The van der Waals surface area contributed by atoms with E-state index in [0.717, 1.165) is 22.6 Å². The fourth-order valence-corrected chi connectivity index (χ4v) is 2.70. The summed E-state index contributed by atoms with van der Waals surface area (Å²) in [7, 11) is 5.00. The Morgan fingerprint density at radius 2 is 2.17 bits per heavy atom. The van der Waals surface area contributed by atoms with E-state index in [0.29, 0.717) is 19.8 Å². The van der Waals surface area contributed by atoms with Crippen LogP contribution in [-0.4, -0.2) is 62.5 Å². The number of urea groups is 1. The molecule has 2 rings (SSSR count). The summed E-state index contributed by atoms with van der Waals surface area (Å²) in [5.41, 5.74) is 2.74. The Morgan fingerprint density at radius 3 is 2.83 bits per heavy atom. The second kappa shape index (κ2) is 7.61. The molecule has 1 fully saturated rings. The number of hydrogen-bond donors (Lipinski definition) is 1. The summed E-state index contributed by atoms with van der Waals surface area (Å²) >= 11 is 0. The number of methoxy groups -OCH3 is 2. The highest BCUT2D eigenvalue weighted by Crippen LogP contribution is 2.24. The summed E-state index contributed by atoms with van der Waals surface area (Å²) in [6.07, 6.45) is 1.66. The van der Waals surface area contributed by atoms with Crippen LogP contribution in [0.25, 0.3) is 0 Å². The number of aromatic nitrogens is 1. The Morgan fingerprint density at radius 1 is 1.43 bits per heavy atom. The molecule has 1 N–H and O–H groups in total. The molecule has 1 aliphatic heterocycles. The molecule has 2 atom stereocenters. The van der Waals surface area contributed by atoms with Crippen molar-refractivity contribution in [1.29, 1.82) is 0 Å². The van der Waals surface area contributed by atoms with Gasteiger partial charge in [0.05, 0.1) is 38.6 Å². The van der Waals surface area contributed by atoms with Crippen molar-refractivity contribution in [3.05, 3.63) is 23.0 Å². The lowest BCUT2D eigenvalue weighted by Gasteiger charge is -2.23. The first kappa shape index (κ1) is 17.5. The maximum absolute atomic E-state index is 12.3. The van der Waals surface area contributed by atoms with Crippen molar-refractivity contribution in [3.8, 4) is 5.75 Å². The number of amides is 2. The second-order valence-electron chi connectivity index (χ2n) is 5.77. The van der Waals surface area contributed by atoms with Gasteiger partial charge in [0.15, 0.2) is 0 Å². The zero-order valence-corrected chi connectivity index (χ0v) is 14.4. The minimum atomic E-state index is -0.178. The van der Waals surface area contributed by atoms with Crippen molar-refractivity contribution >= 4 is 6.03 Å². The van der Waals surface area contributed by atoms with E-state index in [4.69, 9.17) is 14.2 Å². The van der Waals surface area contributed by atoms with Crippen molar-refractivity contribution in [2.45, 2.75) is 32.5 Å². The van der Waals surface area contributed by atoms with Crippen LogP contribution in [-0.2, 0) is 16.0 Å². The Bertz CT molecular complexity index is 565. The van der Waals surface area contributed by atoms with Gasteiger partial charge in [-0.25, -0.2) is 4.79 Å². The Hall–Kier alpha value is -1.86. The molecule has 7 heteroatoms. The standard InChI is InChI=1S/C16H25N3O4/c1-10-6-17-12(11(2)15(10)22-5)7-19(3)16(20)18-13-8-23-9-14(13)21-4/h6,13-14H,7-9H2,1-5H3,(H,18,20)/t13-,14+/m0/s1. The van der Waals surface area contributed by atoms with Gasteiger partial charge in [-0.05, 0) is 13.8 Å². The maximum Gasteiger partial charge on any atom is 0.317 e. The highest BCUT2D eigenvalue weighted by atomic mass is 16.5. The van der Waals surface area contributed by atoms with E-state index in [-0.39, 0.29) is 18.2 Å². The molecule has 1 aromatic rings. The predicted octanol–water partition coefficient (Wildman–Crippen LogP) is 1.26. The van der Waals surface area contributed by atoms with E-state index >= 15 is 0 Å². The zero-order valence-electron chi connectivity index (χ0n) is 14.4. The highest BCUT2D eigenvalue weighted by molar-refractivity contribution is 5.74. The summed E-state index contributed by atoms with van der Waals surface area (Å²) in [5, 5.41) is 2.94. The summed E-state index contributed by atoms with van der Waals surface area (Å²) < 4.78 is 16.0. The monoisotopic (exact) mass is 323 g/mol. The molecular formula is C16H25N3O4. The van der Waals surface area contributed by atoms with Crippen LogP contribution in [0.5, 0.6) is 5.75 Å². The number of hydrogen-bond acceptors (Lipinski definition) is 5. The fraction of sp³-hybridized carbons (Fsp3) is 0.625. The van der Waals surface area contributed by atoms with Crippen molar-refractivity contribution in [3.63, 3.8) is 0 Å². The maximum atomic E-state index is 12.3. The van der Waals surface area contributed by atoms with Crippen LogP contribution >= 0.6 is 0 Å². The number of rotatable bonds is 5. The van der Waals surface area contributed by atoms with Gasteiger partial charge in [-0.3, -0.25) is 4.98 Å². The van der Waals surface area contributed by atoms with Crippen LogP contribution in [0.15, 0.2) is 6.20 Å². The normalized spacial score (nSPS) is 20.4. The van der Waals surface area contributed by atoms with Crippen LogP contribution in [0, 0.1) is 13.8 Å². The van der Waals surface area contributed by atoms with Crippen molar-refractivity contribution < 1.29 is 19.0 Å². The number of carbonyl (C=O) groups excluding carboxylic acids is 1. The Kier molecular flexibility index (Phi) is 5.79. The first-order chi connectivity index (χ1) is 11.0. The third kappa shape index (κ3) is 3.92. The molecular weight excluding hydrogens is 298 g/mol. The van der Waals surface area contributed by atoms with E-state index in [9.17, 15) is 4.79 Å². The molecule has 0 aromatic carbocycles. The average Bonchev–Trinajstić information content (AvgIpc) is 2.97. The Balaban J connectivity index is 2.01. The highest BCUT2D eigenvalue weighted by Gasteiger charge is 2.30. The number of pyridine rings is 1. The van der Waals surface area contributed by atoms with Crippen LogP contribution in [0.4, 0.5) is 4.79 Å². The quantitative estimate of drug-likeness (QED) is 0.883. The smallest absolute Gasteiger partial charge is 0.317 e. The van der Waals surface area contributed by atoms with Crippen LogP contribution in [0.2, 0.25) is 0 Å². The molecule has 0 saturated carbocycles. The van der Waals surface area contributed by atoms with Gasteiger partial charge in [-0.1, -0.05) is 0 Å². The van der Waals surface area contributed by atoms with Crippen molar-refractivity contribution in [1.82, 2.24) is 15.2 Å². The van der Waals surface area contributed by atoms with Gasteiger partial charge in [0.1, 0.15) is 11.9 Å². The predicted molar refractivity (Wildman–Crippen MR) is 85.7 cm³/mol. The molecule has 7 nitrogen and oxygen atoms in total. The molecule has 23 heavy (non-hydrogen) atoms. The molecule has 0 radical (unpaired) electrons. The van der Waals surface area contributed by atoms with E-state index in [1.807, 2.05) is 13.8 Å². The van der Waals surface area contributed by atoms with Gasteiger partial charge in [0.25, 0.3) is 0 Å². The van der Waals surface area contributed by atoms with E-state index in [1.165, 1.54) is 0 Å². The number of carbonyl (C=O) groups is 1. The van der Waals surface area contributed by atoms with Crippen LogP contribution in [0.1, 0.15) is 16.8 Å². The number of nitrogens with one attached hydrogen (secondary N) is 1. The molecule has 2 amide bonds. The summed E-state index contributed by atoms with van der Waals surface area (Å²) in [5.74, 6) is 0.812. The van der Waals surface area contributed by atoms with Crippen LogP contribution < -0.4 is 10.1 Å². The summed E-state index contributed by atoms with van der Waals surface area (Å²) in [6, 6.07) is -0.306. The SMILES string of the molecule is COc1c(C)cnc(CN(C)C(=O)N[C@H]2COC[C@H]2OC)c1C. The molecule has 0 aliphatic carbocycles. The summed E-state index contributed by atoms with van der Waals surface area (Å²) in [4.78, 5) is 18.4. The minimum absolute atomic E-state index is 0.105. The lowest BCUT2D eigenvalue weighted by Crippen LogP contribution is -2.48. The number of aryl methyl sites for hydroxylation is 1. The van der Waals surface area contributed by atoms with Crippen molar-refractivity contribution in [2.24, 2.45) is 0 Å². The lowest BCUT2D eigenvalue weighted by atomic mass is 10.1. The molecule has 1 aromatic heterocycles. The second-order valence-corrected chi connectivity index (χ2v) is 5.77. The van der Waals surface area contributed by atoms with Gasteiger partial charge in [-0.2, -0.15) is 0 Å². The fourth-order valence-electron chi connectivity index (χ4n) is 2.70. The number of ether oxygens (including phenoxy) is 3. The third-order valence-electron chi connectivity index (χ3n) is 4.12. The van der Waals surface area contributed by atoms with Gasteiger partial charge in [0.2, 0.25) is 0 Å². The topological polar surface area (TPSA) is 72.9 Å².